The van der Waals surface area contributed by atoms with Crippen LogP contribution in [-0.2, 0) is 0 Å². The predicted molar refractivity (Wildman–Crippen MR) is 123 cm³/mol. The van der Waals surface area contributed by atoms with Gasteiger partial charge in [-0.2, -0.15) is 0 Å². The van der Waals surface area contributed by atoms with Crippen LogP contribution in [0.2, 0.25) is 0 Å². The highest BCUT2D eigenvalue weighted by molar-refractivity contribution is 7.11. The fourth-order valence-corrected chi connectivity index (χ4v) is 5.52. The quantitative estimate of drug-likeness (QED) is 0.636. The summed E-state index contributed by atoms with van der Waals surface area (Å²) >= 11 is 1.76. The smallest absolute Gasteiger partial charge is 0.150 e. The van der Waals surface area contributed by atoms with Crippen LogP contribution >= 0.6 is 11.3 Å². The van der Waals surface area contributed by atoms with Gasteiger partial charge in [-0.15, -0.1) is 11.3 Å². The van der Waals surface area contributed by atoms with Gasteiger partial charge in [-0.3, -0.25) is 0 Å². The molecule has 0 bridgehead atoms. The molecular formula is C26H28ClNO2S. The number of benzene rings is 2. The summed E-state index contributed by atoms with van der Waals surface area (Å²) in [4.78, 5) is 2.89. The first-order valence-corrected chi connectivity index (χ1v) is 11.7. The first-order valence-electron chi connectivity index (χ1n) is 10.8. The molecule has 0 spiro atoms. The Bertz CT molecular complexity index is 1020. The molecule has 3 heterocycles. The molecule has 3 aromatic rings. The molecule has 5 rings (SSSR count). The maximum Gasteiger partial charge on any atom is 0.150 e. The highest BCUT2D eigenvalue weighted by atomic mass is 35.5. The average molecular weight is 454 g/mol. The molecule has 2 aromatic carbocycles. The zero-order chi connectivity index (χ0) is 20.3. The molecule has 1 fully saturated rings. The topological polar surface area (TPSA) is 22.9 Å². The number of halogens is 1. The highest BCUT2D eigenvalue weighted by Crippen LogP contribution is 2.46. The third kappa shape index (κ3) is 4.52. The Labute approximate surface area is 194 Å². The molecule has 1 N–H and O–H groups in total. The minimum Gasteiger partial charge on any atom is -1.00 e. The molecule has 0 amide bonds. The van der Waals surface area contributed by atoms with E-state index in [1.165, 1.54) is 53.9 Å². The number of nitrogens with one attached hydrogen (secondary N) is 1. The number of piperidine rings is 1. The van der Waals surface area contributed by atoms with Gasteiger partial charge in [0.05, 0.1) is 25.1 Å². The molecule has 3 nitrogen and oxygen atoms in total. The maximum absolute atomic E-state index is 6.58. The van der Waals surface area contributed by atoms with Gasteiger partial charge in [-0.1, -0.05) is 36.4 Å². The van der Waals surface area contributed by atoms with Gasteiger partial charge in [0.1, 0.15) is 23.8 Å². The Morgan fingerprint density at radius 2 is 1.74 bits per heavy atom. The van der Waals surface area contributed by atoms with Gasteiger partial charge in [0.25, 0.3) is 0 Å². The number of methoxy groups -OCH3 is 1. The lowest BCUT2D eigenvalue weighted by Gasteiger charge is -2.33. The van der Waals surface area contributed by atoms with E-state index in [0.29, 0.717) is 0 Å². The van der Waals surface area contributed by atoms with Crippen molar-refractivity contribution < 1.29 is 26.8 Å². The number of quaternary nitrogens is 1. The number of ether oxygens (including phenoxy) is 2. The van der Waals surface area contributed by atoms with Crippen molar-refractivity contribution in [3.8, 4) is 11.5 Å². The minimum absolute atomic E-state index is 0. The molecule has 5 heteroatoms. The Morgan fingerprint density at radius 3 is 2.45 bits per heavy atom. The Morgan fingerprint density at radius 1 is 0.968 bits per heavy atom. The number of para-hydroxylation sites is 1. The van der Waals surface area contributed by atoms with E-state index in [4.69, 9.17) is 9.47 Å². The first-order chi connectivity index (χ1) is 14.8. The second-order valence-electron chi connectivity index (χ2n) is 8.17. The Hall–Kier alpha value is -2.27. The molecule has 1 atom stereocenters. The summed E-state index contributed by atoms with van der Waals surface area (Å²) in [6.07, 6.45) is 4.00. The van der Waals surface area contributed by atoms with Gasteiger partial charge in [-0.05, 0) is 54.5 Å². The van der Waals surface area contributed by atoms with Crippen LogP contribution < -0.4 is 26.8 Å². The van der Waals surface area contributed by atoms with Gasteiger partial charge < -0.3 is 26.8 Å². The molecule has 31 heavy (non-hydrogen) atoms. The molecule has 1 saturated heterocycles. The SMILES string of the molecule is COc1ccc(C2C(C[NH+]3CCCCC3)=C(c3cccs3)Oc3ccccc32)cc1.[Cl-]. The fraction of sp³-hybridized carbons (Fsp3) is 0.308. The third-order valence-electron chi connectivity index (χ3n) is 6.28. The molecular weight excluding hydrogens is 426 g/mol. The summed E-state index contributed by atoms with van der Waals surface area (Å²) < 4.78 is 12.0. The fourth-order valence-electron chi connectivity index (χ4n) is 4.78. The summed E-state index contributed by atoms with van der Waals surface area (Å²) in [7, 11) is 1.72. The largest absolute Gasteiger partial charge is 1.00 e. The lowest BCUT2D eigenvalue weighted by molar-refractivity contribution is -0.900. The van der Waals surface area contributed by atoms with E-state index >= 15 is 0 Å². The lowest BCUT2D eigenvalue weighted by atomic mass is 9.81. The number of fused-ring (bicyclic) bond motifs is 1. The first kappa shape index (κ1) is 21.9. The molecule has 0 radical (unpaired) electrons. The van der Waals surface area contributed by atoms with E-state index in [1.54, 1.807) is 23.3 Å². The number of thiophene rings is 1. The van der Waals surface area contributed by atoms with Gasteiger partial charge in [0, 0.05) is 17.1 Å². The van der Waals surface area contributed by atoms with Crippen molar-refractivity contribution in [3.05, 3.63) is 87.6 Å². The van der Waals surface area contributed by atoms with Crippen molar-refractivity contribution in [2.45, 2.75) is 25.2 Å². The van der Waals surface area contributed by atoms with E-state index in [2.05, 4.69) is 66.0 Å². The molecule has 1 aromatic heterocycles. The predicted octanol–water partition coefficient (Wildman–Crippen LogP) is 1.77. The van der Waals surface area contributed by atoms with Crippen LogP contribution in [0.5, 0.6) is 11.5 Å². The van der Waals surface area contributed by atoms with Crippen LogP contribution in [0.3, 0.4) is 0 Å². The zero-order valence-corrected chi connectivity index (χ0v) is 19.3. The molecule has 0 aliphatic carbocycles. The van der Waals surface area contributed by atoms with Gasteiger partial charge >= 0.3 is 0 Å². The average Bonchev–Trinajstić information content (AvgIpc) is 3.34. The second kappa shape index (κ2) is 9.90. The van der Waals surface area contributed by atoms with Crippen molar-refractivity contribution >= 4 is 17.1 Å². The number of hydrogen-bond donors (Lipinski definition) is 1. The van der Waals surface area contributed by atoms with Crippen molar-refractivity contribution in [1.29, 1.82) is 0 Å². The summed E-state index contributed by atoms with van der Waals surface area (Å²) in [5, 5.41) is 2.14. The summed E-state index contributed by atoms with van der Waals surface area (Å²) in [5.41, 5.74) is 3.96. The monoisotopic (exact) mass is 453 g/mol. The summed E-state index contributed by atoms with van der Waals surface area (Å²) in [5.74, 6) is 3.12. The molecule has 0 saturated carbocycles. The Kier molecular flexibility index (Phi) is 7.01. The maximum atomic E-state index is 6.58. The van der Waals surface area contributed by atoms with E-state index < -0.39 is 0 Å². The third-order valence-corrected chi connectivity index (χ3v) is 7.15. The molecule has 2 aliphatic heterocycles. The van der Waals surface area contributed by atoms with Crippen molar-refractivity contribution in [3.63, 3.8) is 0 Å². The van der Waals surface area contributed by atoms with Gasteiger partial charge in [0.15, 0.2) is 0 Å². The van der Waals surface area contributed by atoms with Crippen molar-refractivity contribution in [2.24, 2.45) is 0 Å². The van der Waals surface area contributed by atoms with Crippen LogP contribution in [0, 0.1) is 0 Å². The molecule has 1 unspecified atom stereocenters. The van der Waals surface area contributed by atoms with Gasteiger partial charge in [0.2, 0.25) is 0 Å². The number of likely N-dealkylation sites (tertiary alicyclic amines) is 1. The molecule has 2 aliphatic rings. The van der Waals surface area contributed by atoms with Crippen LogP contribution in [-0.4, -0.2) is 26.7 Å². The van der Waals surface area contributed by atoms with Crippen LogP contribution in [0.15, 0.2) is 71.6 Å². The van der Waals surface area contributed by atoms with E-state index in [0.717, 1.165) is 23.8 Å². The number of rotatable bonds is 5. The van der Waals surface area contributed by atoms with E-state index in [9.17, 15) is 0 Å². The summed E-state index contributed by atoms with van der Waals surface area (Å²) in [6, 6.07) is 21.4. The normalized spacial score (nSPS) is 18.7. The zero-order valence-electron chi connectivity index (χ0n) is 17.8. The highest BCUT2D eigenvalue weighted by Gasteiger charge is 2.34. The van der Waals surface area contributed by atoms with Crippen LogP contribution in [0.1, 0.15) is 41.2 Å². The summed E-state index contributed by atoms with van der Waals surface area (Å²) in [6.45, 7) is 3.52. The van der Waals surface area contributed by atoms with E-state index in [-0.39, 0.29) is 18.3 Å². The van der Waals surface area contributed by atoms with Crippen molar-refractivity contribution in [2.75, 3.05) is 26.7 Å². The van der Waals surface area contributed by atoms with Crippen LogP contribution in [0.25, 0.3) is 5.76 Å². The van der Waals surface area contributed by atoms with E-state index in [1.807, 2.05) is 0 Å². The Balaban J connectivity index is 0.00000231. The van der Waals surface area contributed by atoms with Gasteiger partial charge in [-0.25, -0.2) is 0 Å². The van der Waals surface area contributed by atoms with Crippen molar-refractivity contribution in [1.82, 2.24) is 0 Å². The minimum atomic E-state index is 0. The second-order valence-corrected chi connectivity index (χ2v) is 9.11. The molecule has 162 valence electrons. The van der Waals surface area contributed by atoms with Crippen LogP contribution in [0.4, 0.5) is 0 Å². The lowest BCUT2D eigenvalue weighted by Crippen LogP contribution is -3.13. The standard InChI is InChI=1S/C26H27NO2S.ClH/c1-28-20-13-11-19(12-14-20)25-21-8-3-4-9-23(21)29-26(24-10-7-17-30-24)22(25)18-27-15-5-2-6-16-27;/h3-4,7-14,17,25H,2,5-6,15-16,18H2,1H3;1H. The number of hydrogen-bond acceptors (Lipinski definition) is 3.